The lowest BCUT2D eigenvalue weighted by Crippen LogP contribution is -2.05. The highest BCUT2D eigenvalue weighted by atomic mass is 35.5. The molecule has 0 amide bonds. The Kier molecular flexibility index (Phi) is 6.22. The molecule has 0 aliphatic heterocycles. The van der Waals surface area contributed by atoms with Crippen LogP contribution in [0.15, 0.2) is 24.3 Å². The van der Waals surface area contributed by atoms with E-state index in [2.05, 4.69) is 4.74 Å². The van der Waals surface area contributed by atoms with Gasteiger partial charge in [-0.1, -0.05) is 29.8 Å². The minimum atomic E-state index is -0.357. The van der Waals surface area contributed by atoms with E-state index in [9.17, 15) is 9.59 Å². The fraction of sp³-hybridized carbons (Fsp3) is 0.385. The van der Waals surface area contributed by atoms with Gasteiger partial charge in [-0.15, -0.1) is 0 Å². The summed E-state index contributed by atoms with van der Waals surface area (Å²) in [6.07, 6.45) is 1.55. The largest absolute Gasteiger partial charge is 0.449 e. The Hall–Kier alpha value is -1.55. The summed E-state index contributed by atoms with van der Waals surface area (Å²) in [5, 5.41) is 0. The molecule has 0 spiro atoms. The molecule has 0 bridgehead atoms. The summed E-state index contributed by atoms with van der Waals surface area (Å²) in [5.74, 6) is -0.144. The number of rotatable bonds is 6. The summed E-state index contributed by atoms with van der Waals surface area (Å²) in [7, 11) is 0. The SMILES string of the molecule is CC(=O)Oc1ccccc1CCCC(=O)OCCl. The molecule has 0 saturated heterocycles. The molecule has 0 N–H and O–H groups in total. The van der Waals surface area contributed by atoms with E-state index in [1.165, 1.54) is 6.92 Å². The molecular formula is C13H15ClO4. The zero-order chi connectivity index (χ0) is 13.4. The second-order valence-electron chi connectivity index (χ2n) is 3.68. The van der Waals surface area contributed by atoms with Crippen molar-refractivity contribution in [1.82, 2.24) is 0 Å². The van der Waals surface area contributed by atoms with Gasteiger partial charge in [0.1, 0.15) is 5.75 Å². The first kappa shape index (κ1) is 14.5. The summed E-state index contributed by atoms with van der Waals surface area (Å²) >= 11 is 5.27. The van der Waals surface area contributed by atoms with E-state index in [1.807, 2.05) is 12.1 Å². The average Bonchev–Trinajstić information content (AvgIpc) is 2.31. The summed E-state index contributed by atoms with van der Waals surface area (Å²) < 4.78 is 9.69. The van der Waals surface area contributed by atoms with Crippen LogP contribution in [0.3, 0.4) is 0 Å². The number of carbonyl (C=O) groups is 2. The first-order valence-electron chi connectivity index (χ1n) is 5.61. The number of benzene rings is 1. The maximum Gasteiger partial charge on any atom is 0.308 e. The molecule has 5 heteroatoms. The molecule has 1 aromatic rings. The summed E-state index contributed by atoms with van der Waals surface area (Å²) in [6, 6.07) is 7.13. The van der Waals surface area contributed by atoms with Crippen LogP contribution in [0.25, 0.3) is 0 Å². The molecule has 98 valence electrons. The highest BCUT2D eigenvalue weighted by Gasteiger charge is 2.07. The van der Waals surface area contributed by atoms with Gasteiger partial charge in [-0.05, 0) is 24.5 Å². The van der Waals surface area contributed by atoms with Crippen molar-refractivity contribution in [2.45, 2.75) is 26.2 Å². The Balaban J connectivity index is 2.51. The third-order valence-corrected chi connectivity index (χ3v) is 2.38. The highest BCUT2D eigenvalue weighted by molar-refractivity contribution is 6.17. The Morgan fingerprint density at radius 3 is 2.67 bits per heavy atom. The molecule has 0 fully saturated rings. The zero-order valence-electron chi connectivity index (χ0n) is 10.1. The van der Waals surface area contributed by atoms with Crippen molar-refractivity contribution in [3.05, 3.63) is 29.8 Å². The lowest BCUT2D eigenvalue weighted by Gasteiger charge is -2.08. The Labute approximate surface area is 111 Å². The van der Waals surface area contributed by atoms with Crippen LogP contribution in [0.2, 0.25) is 0 Å². The van der Waals surface area contributed by atoms with Gasteiger partial charge in [0, 0.05) is 13.3 Å². The first-order chi connectivity index (χ1) is 8.63. The predicted molar refractivity (Wildman–Crippen MR) is 67.5 cm³/mol. The quantitative estimate of drug-likeness (QED) is 0.453. The summed E-state index contributed by atoms with van der Waals surface area (Å²) in [4.78, 5) is 22.0. The van der Waals surface area contributed by atoms with E-state index < -0.39 is 0 Å². The van der Waals surface area contributed by atoms with E-state index >= 15 is 0 Å². The molecule has 0 heterocycles. The Morgan fingerprint density at radius 1 is 1.28 bits per heavy atom. The molecule has 0 aromatic heterocycles. The Morgan fingerprint density at radius 2 is 2.00 bits per heavy atom. The molecule has 0 saturated carbocycles. The molecule has 4 nitrogen and oxygen atoms in total. The van der Waals surface area contributed by atoms with Crippen molar-refractivity contribution >= 4 is 23.5 Å². The first-order valence-corrected chi connectivity index (χ1v) is 6.15. The normalized spacial score (nSPS) is 9.89. The number of aryl methyl sites for hydroxylation is 1. The van der Waals surface area contributed by atoms with Crippen LogP contribution in [0, 0.1) is 0 Å². The van der Waals surface area contributed by atoms with Gasteiger partial charge in [0.2, 0.25) is 0 Å². The van der Waals surface area contributed by atoms with E-state index in [0.29, 0.717) is 25.0 Å². The zero-order valence-corrected chi connectivity index (χ0v) is 10.9. The number of esters is 2. The molecule has 18 heavy (non-hydrogen) atoms. The molecular weight excluding hydrogens is 256 g/mol. The third kappa shape index (κ3) is 5.19. The lowest BCUT2D eigenvalue weighted by molar-refractivity contribution is -0.141. The van der Waals surface area contributed by atoms with Gasteiger partial charge in [-0.3, -0.25) is 9.59 Å². The third-order valence-electron chi connectivity index (χ3n) is 2.27. The van der Waals surface area contributed by atoms with E-state index in [4.69, 9.17) is 16.3 Å². The molecule has 0 unspecified atom stereocenters. The molecule has 1 aromatic carbocycles. The lowest BCUT2D eigenvalue weighted by atomic mass is 10.1. The minimum Gasteiger partial charge on any atom is -0.449 e. The molecule has 0 atom stereocenters. The van der Waals surface area contributed by atoms with Gasteiger partial charge < -0.3 is 9.47 Å². The van der Waals surface area contributed by atoms with Crippen LogP contribution in [-0.2, 0) is 20.7 Å². The van der Waals surface area contributed by atoms with Crippen molar-refractivity contribution in [3.63, 3.8) is 0 Å². The number of alkyl halides is 1. The predicted octanol–water partition coefficient (Wildman–Crippen LogP) is 2.67. The van der Waals surface area contributed by atoms with Crippen molar-refractivity contribution < 1.29 is 19.1 Å². The van der Waals surface area contributed by atoms with Crippen molar-refractivity contribution in [1.29, 1.82) is 0 Å². The number of hydrogen-bond donors (Lipinski definition) is 0. The van der Waals surface area contributed by atoms with E-state index in [1.54, 1.807) is 12.1 Å². The van der Waals surface area contributed by atoms with Gasteiger partial charge in [0.25, 0.3) is 0 Å². The van der Waals surface area contributed by atoms with Gasteiger partial charge in [0.15, 0.2) is 6.07 Å². The summed E-state index contributed by atoms with van der Waals surface area (Å²) in [6.45, 7) is 1.36. The van der Waals surface area contributed by atoms with Crippen LogP contribution in [0.5, 0.6) is 5.75 Å². The number of carbonyl (C=O) groups excluding carboxylic acids is 2. The fourth-order valence-corrected chi connectivity index (χ4v) is 1.64. The minimum absolute atomic E-state index is 0.122. The van der Waals surface area contributed by atoms with E-state index in [-0.39, 0.29) is 18.0 Å². The number of hydrogen-bond acceptors (Lipinski definition) is 4. The molecule has 1 rings (SSSR count). The maximum absolute atomic E-state index is 11.1. The van der Waals surface area contributed by atoms with Gasteiger partial charge in [-0.25, -0.2) is 0 Å². The second-order valence-corrected chi connectivity index (χ2v) is 3.90. The molecule has 0 aliphatic carbocycles. The smallest absolute Gasteiger partial charge is 0.308 e. The van der Waals surface area contributed by atoms with Crippen LogP contribution < -0.4 is 4.74 Å². The van der Waals surface area contributed by atoms with Crippen LogP contribution >= 0.6 is 11.6 Å². The summed E-state index contributed by atoms with van der Waals surface area (Å²) in [5.41, 5.74) is 0.895. The number of ether oxygens (including phenoxy) is 2. The fourth-order valence-electron chi connectivity index (χ4n) is 1.52. The number of para-hydroxylation sites is 1. The molecule has 0 radical (unpaired) electrons. The van der Waals surface area contributed by atoms with Crippen LogP contribution in [0.1, 0.15) is 25.3 Å². The van der Waals surface area contributed by atoms with Crippen LogP contribution in [-0.4, -0.2) is 18.0 Å². The van der Waals surface area contributed by atoms with Crippen molar-refractivity contribution in [2.24, 2.45) is 0 Å². The van der Waals surface area contributed by atoms with Gasteiger partial charge in [0.05, 0.1) is 0 Å². The monoisotopic (exact) mass is 270 g/mol. The second kappa shape index (κ2) is 7.71. The molecule has 0 aliphatic rings. The van der Waals surface area contributed by atoms with E-state index in [0.717, 1.165) is 5.56 Å². The van der Waals surface area contributed by atoms with Gasteiger partial charge >= 0.3 is 11.9 Å². The number of halogens is 1. The van der Waals surface area contributed by atoms with Gasteiger partial charge in [-0.2, -0.15) is 0 Å². The van der Waals surface area contributed by atoms with Crippen molar-refractivity contribution in [3.8, 4) is 5.75 Å². The van der Waals surface area contributed by atoms with Crippen molar-refractivity contribution in [2.75, 3.05) is 6.07 Å². The average molecular weight is 271 g/mol. The Bertz CT molecular complexity index is 417. The highest BCUT2D eigenvalue weighted by Crippen LogP contribution is 2.20. The standard InChI is InChI=1S/C13H15ClO4/c1-10(15)18-12-7-3-2-5-11(12)6-4-8-13(16)17-9-14/h2-3,5,7H,4,6,8-9H2,1H3. The van der Waals surface area contributed by atoms with Crippen LogP contribution in [0.4, 0.5) is 0 Å². The maximum atomic E-state index is 11.1. The topological polar surface area (TPSA) is 52.6 Å².